The molecule has 146 valence electrons. The van der Waals surface area contributed by atoms with Crippen LogP contribution in [-0.4, -0.2) is 37.6 Å². The molecule has 0 spiro atoms. The van der Waals surface area contributed by atoms with Crippen molar-refractivity contribution < 1.29 is 13.2 Å². The molecule has 1 fully saturated rings. The molecule has 3 unspecified atom stereocenters. The van der Waals surface area contributed by atoms with E-state index in [1.807, 2.05) is 24.3 Å². The van der Waals surface area contributed by atoms with Gasteiger partial charge in [0, 0.05) is 13.1 Å². The van der Waals surface area contributed by atoms with Crippen molar-refractivity contribution in [3.63, 3.8) is 0 Å². The molecule has 0 aromatic heterocycles. The lowest BCUT2D eigenvalue weighted by Crippen LogP contribution is -2.48. The number of rotatable bonds is 4. The summed E-state index contributed by atoms with van der Waals surface area (Å²) in [5, 5.41) is -0.998. The highest BCUT2D eigenvalue weighted by Crippen LogP contribution is 2.25. The van der Waals surface area contributed by atoms with Crippen LogP contribution in [0, 0.1) is 11.8 Å². The van der Waals surface area contributed by atoms with Crippen molar-refractivity contribution in [3.8, 4) is 0 Å². The summed E-state index contributed by atoms with van der Waals surface area (Å²) in [6, 6.07) is 7.68. The molecule has 1 aliphatic heterocycles. The molecule has 0 N–H and O–H groups in total. The van der Waals surface area contributed by atoms with E-state index in [1.165, 1.54) is 12.5 Å². The molecule has 0 radical (unpaired) electrons. The highest BCUT2D eigenvalue weighted by Gasteiger charge is 2.34. The minimum atomic E-state index is -3.54. The minimum Gasteiger partial charge on any atom is -0.341 e. The summed E-state index contributed by atoms with van der Waals surface area (Å²) in [5.74, 6) is 0.489. The lowest BCUT2D eigenvalue weighted by atomic mass is 9.87. The van der Waals surface area contributed by atoms with Gasteiger partial charge in [0.1, 0.15) is 5.25 Å². The average Bonchev–Trinajstić information content (AvgIpc) is 2.51. The molecule has 0 bridgehead atoms. The van der Waals surface area contributed by atoms with E-state index in [4.69, 9.17) is 0 Å². The number of carbonyl (C=O) groups excluding carboxylic acids is 1. The van der Waals surface area contributed by atoms with Gasteiger partial charge in [0.25, 0.3) is 0 Å². The summed E-state index contributed by atoms with van der Waals surface area (Å²) in [6.07, 6.45) is 1.09. The van der Waals surface area contributed by atoms with Crippen molar-refractivity contribution in [2.24, 2.45) is 11.8 Å². The summed E-state index contributed by atoms with van der Waals surface area (Å²) in [5.41, 5.74) is 1.93. The molecule has 0 aliphatic carbocycles. The standard InChI is InChI=1S/C21H33NO3S/c1-15-11-16(2)13-22(12-15)20(23)17(3)26(24,25)14-18-7-9-19(10-8-18)21(4,5)6/h7-10,15-17H,11-14H2,1-6H3. The Bertz CT molecular complexity index is 722. The molecule has 4 nitrogen and oxygen atoms in total. The Kier molecular flexibility index (Phi) is 6.21. The van der Waals surface area contributed by atoms with Crippen molar-refractivity contribution in [3.05, 3.63) is 35.4 Å². The smallest absolute Gasteiger partial charge is 0.240 e. The minimum absolute atomic E-state index is 0.0301. The van der Waals surface area contributed by atoms with E-state index >= 15 is 0 Å². The zero-order chi connectivity index (χ0) is 19.7. The zero-order valence-electron chi connectivity index (χ0n) is 17.0. The van der Waals surface area contributed by atoms with Crippen LogP contribution in [0.4, 0.5) is 0 Å². The Hall–Kier alpha value is -1.36. The summed E-state index contributed by atoms with van der Waals surface area (Å²) in [7, 11) is -3.54. The van der Waals surface area contributed by atoms with Crippen LogP contribution >= 0.6 is 0 Å². The van der Waals surface area contributed by atoms with Gasteiger partial charge < -0.3 is 4.90 Å². The molecule has 1 heterocycles. The van der Waals surface area contributed by atoms with Crippen molar-refractivity contribution >= 4 is 15.7 Å². The largest absolute Gasteiger partial charge is 0.341 e. The Morgan fingerprint density at radius 1 is 1.12 bits per heavy atom. The fraction of sp³-hybridized carbons (Fsp3) is 0.667. The van der Waals surface area contributed by atoms with Gasteiger partial charge in [0.2, 0.25) is 5.91 Å². The number of benzene rings is 1. The second kappa shape index (κ2) is 7.71. The Balaban J connectivity index is 2.10. The molecule has 1 amide bonds. The first-order valence-electron chi connectivity index (χ1n) is 9.50. The van der Waals surface area contributed by atoms with Gasteiger partial charge >= 0.3 is 0 Å². The number of piperidine rings is 1. The molecule has 0 saturated carbocycles. The number of likely N-dealkylation sites (tertiary alicyclic amines) is 1. The van der Waals surface area contributed by atoms with E-state index in [9.17, 15) is 13.2 Å². The van der Waals surface area contributed by atoms with Gasteiger partial charge in [-0.15, -0.1) is 0 Å². The van der Waals surface area contributed by atoms with Crippen LogP contribution in [-0.2, 0) is 25.8 Å². The summed E-state index contributed by atoms with van der Waals surface area (Å²) in [6.45, 7) is 13.5. The van der Waals surface area contributed by atoms with E-state index in [-0.39, 0.29) is 17.1 Å². The lowest BCUT2D eigenvalue weighted by molar-refractivity contribution is -0.133. The quantitative estimate of drug-likeness (QED) is 0.800. The van der Waals surface area contributed by atoms with Gasteiger partial charge in [-0.3, -0.25) is 4.79 Å². The molecule has 26 heavy (non-hydrogen) atoms. The number of carbonyl (C=O) groups is 1. The number of nitrogens with zero attached hydrogens (tertiary/aromatic N) is 1. The molecule has 5 heteroatoms. The predicted octanol–water partition coefficient (Wildman–Crippen LogP) is 3.79. The van der Waals surface area contributed by atoms with Crippen LogP contribution in [0.15, 0.2) is 24.3 Å². The van der Waals surface area contributed by atoms with Crippen LogP contribution in [0.3, 0.4) is 0 Å². The van der Waals surface area contributed by atoms with Gasteiger partial charge in [0.15, 0.2) is 9.84 Å². The summed E-state index contributed by atoms with van der Waals surface area (Å²) < 4.78 is 25.6. The van der Waals surface area contributed by atoms with Crippen LogP contribution < -0.4 is 0 Å². The lowest BCUT2D eigenvalue weighted by Gasteiger charge is -2.36. The Morgan fingerprint density at radius 2 is 1.62 bits per heavy atom. The summed E-state index contributed by atoms with van der Waals surface area (Å²) in [4.78, 5) is 14.5. The number of sulfone groups is 1. The fourth-order valence-electron chi connectivity index (χ4n) is 3.71. The van der Waals surface area contributed by atoms with Gasteiger partial charge in [-0.25, -0.2) is 8.42 Å². The molecule has 1 aliphatic rings. The third kappa shape index (κ3) is 5.09. The maximum atomic E-state index is 12.8. The first-order chi connectivity index (χ1) is 11.9. The van der Waals surface area contributed by atoms with Crippen molar-refractivity contribution in [1.82, 2.24) is 4.90 Å². The SMILES string of the molecule is CC1CC(C)CN(C(=O)C(C)S(=O)(=O)Cc2ccc(C(C)(C)C)cc2)C1. The molecular formula is C21H33NO3S. The molecule has 1 aromatic carbocycles. The second-order valence-electron chi connectivity index (χ2n) is 9.09. The van der Waals surface area contributed by atoms with Crippen LogP contribution in [0.5, 0.6) is 0 Å². The highest BCUT2D eigenvalue weighted by atomic mass is 32.2. The first kappa shape index (κ1) is 20.9. The fourth-order valence-corrected chi connectivity index (χ4v) is 5.08. The predicted molar refractivity (Wildman–Crippen MR) is 107 cm³/mol. The van der Waals surface area contributed by atoms with E-state index in [0.717, 1.165) is 12.0 Å². The topological polar surface area (TPSA) is 54.5 Å². The Morgan fingerprint density at radius 3 is 2.08 bits per heavy atom. The van der Waals surface area contributed by atoms with Crippen molar-refractivity contribution in [1.29, 1.82) is 0 Å². The van der Waals surface area contributed by atoms with Crippen LogP contribution in [0.25, 0.3) is 0 Å². The van der Waals surface area contributed by atoms with Crippen molar-refractivity contribution in [2.75, 3.05) is 13.1 Å². The van der Waals surface area contributed by atoms with Gasteiger partial charge in [0.05, 0.1) is 5.75 Å². The molecule has 3 atom stereocenters. The number of hydrogen-bond acceptors (Lipinski definition) is 3. The average molecular weight is 380 g/mol. The molecule has 1 saturated heterocycles. The number of hydrogen-bond donors (Lipinski definition) is 0. The number of amides is 1. The third-order valence-electron chi connectivity index (χ3n) is 5.25. The zero-order valence-corrected chi connectivity index (χ0v) is 17.8. The summed E-state index contributed by atoms with van der Waals surface area (Å²) >= 11 is 0. The highest BCUT2D eigenvalue weighted by molar-refractivity contribution is 7.92. The molecule has 1 aromatic rings. The van der Waals surface area contributed by atoms with E-state index in [2.05, 4.69) is 34.6 Å². The third-order valence-corrected chi connectivity index (χ3v) is 7.27. The normalized spacial score (nSPS) is 22.9. The van der Waals surface area contributed by atoms with Gasteiger partial charge in [-0.1, -0.05) is 58.9 Å². The van der Waals surface area contributed by atoms with Crippen molar-refractivity contribution in [2.45, 2.75) is 64.4 Å². The molecule has 2 rings (SSSR count). The maximum Gasteiger partial charge on any atom is 0.240 e. The first-order valence-corrected chi connectivity index (χ1v) is 11.2. The van der Waals surface area contributed by atoms with E-state index in [0.29, 0.717) is 24.9 Å². The van der Waals surface area contributed by atoms with Gasteiger partial charge in [-0.05, 0) is 41.7 Å². The van der Waals surface area contributed by atoms with Gasteiger partial charge in [-0.2, -0.15) is 0 Å². The van der Waals surface area contributed by atoms with E-state index < -0.39 is 15.1 Å². The Labute approximate surface area is 158 Å². The second-order valence-corrected chi connectivity index (χ2v) is 11.4. The van der Waals surface area contributed by atoms with E-state index in [1.54, 1.807) is 4.90 Å². The maximum absolute atomic E-state index is 12.8. The van der Waals surface area contributed by atoms with Crippen LogP contribution in [0.1, 0.15) is 59.1 Å². The molecular weight excluding hydrogens is 346 g/mol. The monoisotopic (exact) mass is 379 g/mol. The van der Waals surface area contributed by atoms with Crippen LogP contribution in [0.2, 0.25) is 0 Å².